The fraction of sp³-hybridized carbons (Fsp3) is 0.154. The number of aromatic hydroxyl groups is 1. The van der Waals surface area contributed by atoms with Crippen LogP contribution in [0.5, 0.6) is 5.75 Å². The molecule has 2 nitrogen and oxygen atoms in total. The van der Waals surface area contributed by atoms with E-state index in [9.17, 15) is 5.11 Å². The van der Waals surface area contributed by atoms with Gasteiger partial charge in [0.15, 0.2) is 0 Å². The van der Waals surface area contributed by atoms with E-state index >= 15 is 0 Å². The number of benzene rings is 3. The van der Waals surface area contributed by atoms with Gasteiger partial charge in [0.05, 0.1) is 0 Å². The van der Waals surface area contributed by atoms with E-state index in [0.717, 1.165) is 23.2 Å². The van der Waals surface area contributed by atoms with Crippen LogP contribution < -0.4 is 0 Å². The molecule has 0 aliphatic carbocycles. The van der Waals surface area contributed by atoms with Crippen molar-refractivity contribution in [2.75, 3.05) is 20.6 Å². The van der Waals surface area contributed by atoms with Crippen molar-refractivity contribution < 1.29 is 5.11 Å². The zero-order chi connectivity index (χ0) is 19.9. The van der Waals surface area contributed by atoms with E-state index in [1.165, 1.54) is 16.7 Å². The van der Waals surface area contributed by atoms with Gasteiger partial charge < -0.3 is 10.0 Å². The van der Waals surface area contributed by atoms with Crippen molar-refractivity contribution in [2.45, 2.75) is 6.92 Å². The van der Waals surface area contributed by atoms with Gasteiger partial charge in [-0.2, -0.15) is 0 Å². The van der Waals surface area contributed by atoms with Crippen LogP contribution in [0.25, 0.3) is 17.7 Å². The van der Waals surface area contributed by atoms with E-state index in [1.54, 1.807) is 6.07 Å². The third kappa shape index (κ3) is 5.21. The Labute approximate surface area is 168 Å². The normalized spacial score (nSPS) is 12.4. The number of hydrogen-bond acceptors (Lipinski definition) is 2. The summed E-state index contributed by atoms with van der Waals surface area (Å²) in [6.45, 7) is 3.02. The van der Waals surface area contributed by atoms with Gasteiger partial charge in [0.1, 0.15) is 5.75 Å². The highest BCUT2D eigenvalue weighted by molar-refractivity contribution is 5.83. The second-order valence-electron chi connectivity index (χ2n) is 7.31. The van der Waals surface area contributed by atoms with Gasteiger partial charge in [-0.25, -0.2) is 0 Å². The molecule has 0 spiro atoms. The minimum absolute atomic E-state index is 0.287. The van der Waals surface area contributed by atoms with E-state index in [2.05, 4.69) is 80.5 Å². The van der Waals surface area contributed by atoms with Crippen LogP contribution in [0.3, 0.4) is 0 Å². The van der Waals surface area contributed by atoms with E-state index in [0.29, 0.717) is 0 Å². The average Bonchev–Trinajstić information content (AvgIpc) is 2.68. The maximum absolute atomic E-state index is 9.95. The molecule has 0 saturated heterocycles. The van der Waals surface area contributed by atoms with E-state index < -0.39 is 0 Å². The zero-order valence-electron chi connectivity index (χ0n) is 16.8. The Hall–Kier alpha value is -3.10. The molecule has 2 heteroatoms. The number of nitrogens with zero attached hydrogens (tertiary/aromatic N) is 1. The third-order valence-electron chi connectivity index (χ3n) is 4.58. The molecule has 0 unspecified atom stereocenters. The fourth-order valence-corrected chi connectivity index (χ4v) is 3.39. The standard InChI is InChI=1S/C26H27NO/c1-20(19-27(2)3)26(24-10-7-11-25(28)18-24)23-16-14-22(15-17-23)13-12-21-8-5-4-6-9-21/h4-18,28H,19H2,1-3H3. The molecule has 0 aliphatic heterocycles. The number of likely N-dealkylation sites (N-methyl/N-ethyl adjacent to an activating group) is 1. The summed E-state index contributed by atoms with van der Waals surface area (Å²) in [5.74, 6) is 0.287. The monoisotopic (exact) mass is 369 g/mol. The van der Waals surface area contributed by atoms with Gasteiger partial charge in [0, 0.05) is 6.54 Å². The SMILES string of the molecule is CC(CN(C)C)=C(c1ccc(C=Cc2ccccc2)cc1)c1cccc(O)c1. The molecule has 0 saturated carbocycles. The van der Waals surface area contributed by atoms with Crippen LogP contribution in [0.1, 0.15) is 29.2 Å². The lowest BCUT2D eigenvalue weighted by Crippen LogP contribution is -2.15. The molecule has 3 aromatic carbocycles. The average molecular weight is 370 g/mol. The van der Waals surface area contributed by atoms with Crippen LogP contribution in [-0.4, -0.2) is 30.6 Å². The second-order valence-corrected chi connectivity index (χ2v) is 7.31. The molecule has 28 heavy (non-hydrogen) atoms. The maximum Gasteiger partial charge on any atom is 0.116 e. The second kappa shape index (κ2) is 9.20. The van der Waals surface area contributed by atoms with Crippen molar-refractivity contribution in [2.24, 2.45) is 0 Å². The number of phenols is 1. The number of rotatable bonds is 6. The Morgan fingerprint density at radius 1 is 0.786 bits per heavy atom. The highest BCUT2D eigenvalue weighted by Gasteiger charge is 2.10. The molecular formula is C26H27NO. The highest BCUT2D eigenvalue weighted by atomic mass is 16.3. The van der Waals surface area contributed by atoms with Crippen LogP contribution in [0, 0.1) is 0 Å². The molecule has 0 aromatic heterocycles. The summed E-state index contributed by atoms with van der Waals surface area (Å²) in [5, 5.41) is 9.95. The predicted octanol–water partition coefficient (Wildman–Crippen LogP) is 5.95. The summed E-state index contributed by atoms with van der Waals surface area (Å²) in [5.41, 5.74) is 6.97. The summed E-state index contributed by atoms with van der Waals surface area (Å²) in [6.07, 6.45) is 4.25. The van der Waals surface area contributed by atoms with Crippen LogP contribution in [0.2, 0.25) is 0 Å². The van der Waals surface area contributed by atoms with E-state index in [4.69, 9.17) is 0 Å². The van der Waals surface area contributed by atoms with Crippen molar-refractivity contribution in [3.63, 3.8) is 0 Å². The fourth-order valence-electron chi connectivity index (χ4n) is 3.39. The lowest BCUT2D eigenvalue weighted by Gasteiger charge is -2.17. The molecule has 3 rings (SSSR count). The van der Waals surface area contributed by atoms with Gasteiger partial charge >= 0.3 is 0 Å². The summed E-state index contributed by atoms with van der Waals surface area (Å²) < 4.78 is 0. The molecule has 0 radical (unpaired) electrons. The van der Waals surface area contributed by atoms with Gasteiger partial charge in [0.2, 0.25) is 0 Å². The number of phenolic OH excluding ortho intramolecular Hbond substituents is 1. The molecule has 0 atom stereocenters. The molecule has 1 N–H and O–H groups in total. The van der Waals surface area contributed by atoms with Crippen molar-refractivity contribution in [3.05, 3.63) is 107 Å². The first-order valence-electron chi connectivity index (χ1n) is 9.50. The largest absolute Gasteiger partial charge is 0.508 e. The molecule has 3 aromatic rings. The molecule has 0 fully saturated rings. The van der Waals surface area contributed by atoms with Crippen molar-refractivity contribution in [1.82, 2.24) is 4.90 Å². The Morgan fingerprint density at radius 3 is 2.04 bits per heavy atom. The predicted molar refractivity (Wildman–Crippen MR) is 120 cm³/mol. The first kappa shape index (κ1) is 19.7. The van der Waals surface area contributed by atoms with Gasteiger partial charge in [-0.1, -0.05) is 84.5 Å². The molecule has 142 valence electrons. The Morgan fingerprint density at radius 2 is 1.43 bits per heavy atom. The quantitative estimate of drug-likeness (QED) is 0.543. The number of hydrogen-bond donors (Lipinski definition) is 1. The van der Waals surface area contributed by atoms with Crippen LogP contribution in [0.15, 0.2) is 84.4 Å². The van der Waals surface area contributed by atoms with Crippen LogP contribution in [0.4, 0.5) is 0 Å². The Kier molecular flexibility index (Phi) is 6.46. The molecule has 0 bridgehead atoms. The zero-order valence-corrected chi connectivity index (χ0v) is 16.8. The first-order valence-corrected chi connectivity index (χ1v) is 9.50. The Balaban J connectivity index is 1.93. The highest BCUT2D eigenvalue weighted by Crippen LogP contribution is 2.29. The van der Waals surface area contributed by atoms with Gasteiger partial charge in [0.25, 0.3) is 0 Å². The summed E-state index contributed by atoms with van der Waals surface area (Å²) in [4.78, 5) is 2.16. The lowest BCUT2D eigenvalue weighted by atomic mass is 9.92. The first-order chi connectivity index (χ1) is 13.5. The van der Waals surface area contributed by atoms with Crippen LogP contribution >= 0.6 is 0 Å². The van der Waals surface area contributed by atoms with Crippen molar-refractivity contribution in [3.8, 4) is 5.75 Å². The van der Waals surface area contributed by atoms with Crippen molar-refractivity contribution in [1.29, 1.82) is 0 Å². The molecular weight excluding hydrogens is 342 g/mol. The summed E-state index contributed by atoms with van der Waals surface area (Å²) >= 11 is 0. The minimum atomic E-state index is 0.287. The maximum atomic E-state index is 9.95. The molecule has 0 heterocycles. The van der Waals surface area contributed by atoms with E-state index in [1.807, 2.05) is 30.3 Å². The smallest absolute Gasteiger partial charge is 0.116 e. The molecule has 0 amide bonds. The minimum Gasteiger partial charge on any atom is -0.508 e. The van der Waals surface area contributed by atoms with Crippen LogP contribution in [-0.2, 0) is 0 Å². The third-order valence-corrected chi connectivity index (χ3v) is 4.58. The van der Waals surface area contributed by atoms with Gasteiger partial charge in [-0.05, 0) is 61.0 Å². The lowest BCUT2D eigenvalue weighted by molar-refractivity contribution is 0.446. The Bertz CT molecular complexity index is 967. The van der Waals surface area contributed by atoms with E-state index in [-0.39, 0.29) is 5.75 Å². The van der Waals surface area contributed by atoms with Gasteiger partial charge in [-0.3, -0.25) is 0 Å². The summed E-state index contributed by atoms with van der Waals surface area (Å²) in [7, 11) is 4.14. The summed E-state index contributed by atoms with van der Waals surface area (Å²) in [6, 6.07) is 26.4. The van der Waals surface area contributed by atoms with Crippen molar-refractivity contribution >= 4 is 17.7 Å². The van der Waals surface area contributed by atoms with Gasteiger partial charge in [-0.15, -0.1) is 0 Å². The molecule has 0 aliphatic rings. The topological polar surface area (TPSA) is 23.5 Å².